The van der Waals surface area contributed by atoms with Gasteiger partial charge in [-0.25, -0.2) is 4.98 Å². The summed E-state index contributed by atoms with van der Waals surface area (Å²) < 4.78 is 1.03. The van der Waals surface area contributed by atoms with Gasteiger partial charge in [-0.2, -0.15) is 0 Å². The van der Waals surface area contributed by atoms with Crippen molar-refractivity contribution in [2.75, 3.05) is 11.9 Å². The van der Waals surface area contributed by atoms with Crippen LogP contribution >= 0.6 is 15.9 Å². The molecule has 1 aromatic heterocycles. The fourth-order valence-corrected chi connectivity index (χ4v) is 1.59. The number of hydrogen-bond donors (Lipinski definition) is 2. The summed E-state index contributed by atoms with van der Waals surface area (Å²) in [6, 6.07) is 2.03. The van der Waals surface area contributed by atoms with E-state index < -0.39 is 0 Å². The van der Waals surface area contributed by atoms with Crippen molar-refractivity contribution in [2.24, 2.45) is 5.73 Å². The van der Waals surface area contributed by atoms with Gasteiger partial charge in [0.15, 0.2) is 0 Å². The maximum atomic E-state index is 5.55. The maximum absolute atomic E-state index is 5.55. The van der Waals surface area contributed by atoms with Crippen LogP contribution in [0, 0.1) is 6.92 Å². The van der Waals surface area contributed by atoms with Crippen molar-refractivity contribution in [3.63, 3.8) is 0 Å². The zero-order valence-electron chi connectivity index (χ0n) is 9.47. The molecule has 3 N–H and O–H groups in total. The van der Waals surface area contributed by atoms with Crippen LogP contribution in [0.1, 0.15) is 25.8 Å². The monoisotopic (exact) mass is 271 g/mol. The molecule has 0 unspecified atom stereocenters. The van der Waals surface area contributed by atoms with E-state index in [2.05, 4.69) is 40.1 Å². The largest absolute Gasteiger partial charge is 0.365 e. The molecule has 3 nitrogen and oxygen atoms in total. The lowest BCUT2D eigenvalue weighted by molar-refractivity contribution is 0.524. The van der Waals surface area contributed by atoms with Gasteiger partial charge >= 0.3 is 0 Å². The first-order valence-corrected chi connectivity index (χ1v) is 5.84. The summed E-state index contributed by atoms with van der Waals surface area (Å²) in [7, 11) is 0. The molecule has 0 saturated heterocycles. The van der Waals surface area contributed by atoms with Crippen molar-refractivity contribution in [3.05, 3.63) is 22.3 Å². The van der Waals surface area contributed by atoms with Crippen LogP contribution in [0.3, 0.4) is 0 Å². The Hall–Kier alpha value is -0.610. The fraction of sp³-hybridized carbons (Fsp3) is 0.545. The van der Waals surface area contributed by atoms with Crippen LogP contribution in [-0.2, 0) is 0 Å². The second-order valence-corrected chi connectivity index (χ2v) is 5.22. The minimum atomic E-state index is -0.0119. The molecule has 0 amide bonds. The molecule has 0 fully saturated rings. The molecule has 0 saturated carbocycles. The van der Waals surface area contributed by atoms with Crippen LogP contribution in [0.5, 0.6) is 0 Å². The van der Waals surface area contributed by atoms with Crippen molar-refractivity contribution < 1.29 is 0 Å². The number of nitrogens with one attached hydrogen (secondary N) is 1. The number of nitrogens with zero attached hydrogens (tertiary/aromatic N) is 1. The Morgan fingerprint density at radius 2 is 2.20 bits per heavy atom. The summed E-state index contributed by atoms with van der Waals surface area (Å²) in [4.78, 5) is 4.31. The highest BCUT2D eigenvalue weighted by atomic mass is 79.9. The third-order valence-electron chi connectivity index (χ3n) is 2.28. The molecule has 1 heterocycles. The minimum Gasteiger partial charge on any atom is -0.365 e. The topological polar surface area (TPSA) is 50.9 Å². The molecule has 15 heavy (non-hydrogen) atoms. The highest BCUT2D eigenvalue weighted by molar-refractivity contribution is 9.10. The molecular formula is C11H18BrN3. The molecular weight excluding hydrogens is 254 g/mol. The molecule has 0 aliphatic carbocycles. The van der Waals surface area contributed by atoms with E-state index in [0.717, 1.165) is 16.7 Å². The van der Waals surface area contributed by atoms with Crippen LogP contribution < -0.4 is 11.1 Å². The van der Waals surface area contributed by atoms with Gasteiger partial charge in [-0.05, 0) is 61.3 Å². The quantitative estimate of drug-likeness (QED) is 0.886. The molecule has 0 spiro atoms. The van der Waals surface area contributed by atoms with E-state index in [1.54, 1.807) is 0 Å². The van der Waals surface area contributed by atoms with Gasteiger partial charge in [-0.15, -0.1) is 0 Å². The Balaban J connectivity index is 2.76. The summed E-state index contributed by atoms with van der Waals surface area (Å²) in [6.07, 6.45) is 2.74. The van der Waals surface area contributed by atoms with E-state index in [1.165, 1.54) is 5.56 Å². The van der Waals surface area contributed by atoms with Crippen molar-refractivity contribution in [2.45, 2.75) is 32.7 Å². The van der Waals surface area contributed by atoms with Gasteiger partial charge < -0.3 is 11.1 Å². The van der Waals surface area contributed by atoms with Gasteiger partial charge in [0.2, 0.25) is 0 Å². The number of anilines is 1. The van der Waals surface area contributed by atoms with Gasteiger partial charge in [0, 0.05) is 16.2 Å². The molecule has 0 aliphatic rings. The molecule has 0 aromatic carbocycles. The normalized spacial score (nSPS) is 11.5. The maximum Gasteiger partial charge on any atom is 0.126 e. The van der Waals surface area contributed by atoms with Gasteiger partial charge in [0.05, 0.1) is 0 Å². The van der Waals surface area contributed by atoms with E-state index in [4.69, 9.17) is 5.73 Å². The molecule has 4 heteroatoms. The summed E-state index contributed by atoms with van der Waals surface area (Å²) >= 11 is 3.43. The summed E-state index contributed by atoms with van der Waals surface area (Å²) in [6.45, 7) is 6.97. The lowest BCUT2D eigenvalue weighted by Gasteiger charge is -2.26. The SMILES string of the molecule is Cc1cc(NC(C)(C)CCN)ncc1Br. The van der Waals surface area contributed by atoms with Gasteiger partial charge in [0.1, 0.15) is 5.82 Å². The van der Waals surface area contributed by atoms with E-state index >= 15 is 0 Å². The minimum absolute atomic E-state index is 0.0119. The Kier molecular flexibility index (Phi) is 4.11. The Morgan fingerprint density at radius 3 is 2.73 bits per heavy atom. The second-order valence-electron chi connectivity index (χ2n) is 4.37. The zero-order chi connectivity index (χ0) is 11.5. The molecule has 84 valence electrons. The number of aromatic nitrogens is 1. The van der Waals surface area contributed by atoms with Crippen LogP contribution in [-0.4, -0.2) is 17.1 Å². The van der Waals surface area contributed by atoms with Crippen LogP contribution in [0.25, 0.3) is 0 Å². The van der Waals surface area contributed by atoms with Gasteiger partial charge in [-0.1, -0.05) is 0 Å². The number of hydrogen-bond acceptors (Lipinski definition) is 3. The van der Waals surface area contributed by atoms with E-state index in [-0.39, 0.29) is 5.54 Å². The predicted molar refractivity (Wildman–Crippen MR) is 68.0 cm³/mol. The highest BCUT2D eigenvalue weighted by Gasteiger charge is 2.16. The van der Waals surface area contributed by atoms with Crippen molar-refractivity contribution in [3.8, 4) is 0 Å². The lowest BCUT2D eigenvalue weighted by atomic mass is 10.0. The van der Waals surface area contributed by atoms with Gasteiger partial charge in [0.25, 0.3) is 0 Å². The smallest absolute Gasteiger partial charge is 0.126 e. The van der Waals surface area contributed by atoms with E-state index in [1.807, 2.05) is 19.2 Å². The summed E-state index contributed by atoms with van der Waals surface area (Å²) in [5, 5.41) is 3.38. The first-order valence-electron chi connectivity index (χ1n) is 5.05. The first kappa shape index (κ1) is 12.5. The fourth-order valence-electron chi connectivity index (χ4n) is 1.38. The number of halogens is 1. The Labute approximate surface area is 99.6 Å². The molecule has 0 bridgehead atoms. The molecule has 0 aliphatic heterocycles. The molecule has 1 aromatic rings. The number of rotatable bonds is 4. The number of aryl methyl sites for hydroxylation is 1. The molecule has 0 radical (unpaired) electrons. The van der Waals surface area contributed by atoms with Crippen LogP contribution in [0.4, 0.5) is 5.82 Å². The number of pyridine rings is 1. The first-order chi connectivity index (χ1) is 6.94. The van der Waals surface area contributed by atoms with Gasteiger partial charge in [-0.3, -0.25) is 0 Å². The highest BCUT2D eigenvalue weighted by Crippen LogP contribution is 2.20. The van der Waals surface area contributed by atoms with Crippen molar-refractivity contribution in [1.29, 1.82) is 0 Å². The van der Waals surface area contributed by atoms with Crippen molar-refractivity contribution in [1.82, 2.24) is 4.98 Å². The zero-order valence-corrected chi connectivity index (χ0v) is 11.1. The molecule has 0 atom stereocenters. The van der Waals surface area contributed by atoms with Crippen LogP contribution in [0.2, 0.25) is 0 Å². The predicted octanol–water partition coefficient (Wildman–Crippen LogP) is 2.69. The van der Waals surface area contributed by atoms with E-state index in [9.17, 15) is 0 Å². The second kappa shape index (κ2) is 4.94. The number of nitrogens with two attached hydrogens (primary N) is 1. The Morgan fingerprint density at radius 1 is 1.53 bits per heavy atom. The Bertz CT molecular complexity index is 337. The van der Waals surface area contributed by atoms with E-state index in [0.29, 0.717) is 6.54 Å². The lowest BCUT2D eigenvalue weighted by Crippen LogP contribution is -2.33. The third-order valence-corrected chi connectivity index (χ3v) is 3.11. The van der Waals surface area contributed by atoms with Crippen LogP contribution in [0.15, 0.2) is 16.7 Å². The summed E-state index contributed by atoms with van der Waals surface area (Å²) in [5.41, 5.74) is 6.72. The third kappa shape index (κ3) is 3.80. The summed E-state index contributed by atoms with van der Waals surface area (Å²) in [5.74, 6) is 0.897. The molecule has 1 rings (SSSR count). The standard InChI is InChI=1S/C11H18BrN3/c1-8-6-10(14-7-9(8)12)15-11(2,3)4-5-13/h6-7H,4-5,13H2,1-3H3,(H,14,15). The average molecular weight is 272 g/mol. The average Bonchev–Trinajstić information content (AvgIpc) is 2.10. The van der Waals surface area contributed by atoms with Crippen molar-refractivity contribution >= 4 is 21.7 Å².